The van der Waals surface area contributed by atoms with Crippen molar-refractivity contribution in [3.63, 3.8) is 0 Å². The van der Waals surface area contributed by atoms with Crippen LogP contribution in [0.5, 0.6) is 5.75 Å². The number of fused-ring (bicyclic) bond motifs is 1. The molecule has 6 nitrogen and oxygen atoms in total. The molecular formula is C15H17N3O3. The molecule has 0 aromatic carbocycles. The van der Waals surface area contributed by atoms with Gasteiger partial charge in [0.05, 0.1) is 18.2 Å². The van der Waals surface area contributed by atoms with Crippen LogP contribution in [0.25, 0.3) is 0 Å². The van der Waals surface area contributed by atoms with E-state index in [1.54, 1.807) is 19.2 Å². The topological polar surface area (TPSA) is 77.0 Å². The number of H-pyrrole nitrogens is 1. The zero-order chi connectivity index (χ0) is 15.1. The van der Waals surface area contributed by atoms with Gasteiger partial charge in [0.2, 0.25) is 0 Å². The maximum atomic E-state index is 12.2. The van der Waals surface area contributed by atoms with Gasteiger partial charge < -0.3 is 9.72 Å². The molecule has 2 aromatic heterocycles. The molecule has 0 saturated carbocycles. The Morgan fingerprint density at radius 3 is 2.86 bits per heavy atom. The average Bonchev–Trinajstić information content (AvgIpc) is 2.86. The summed E-state index contributed by atoms with van der Waals surface area (Å²) >= 11 is 0. The van der Waals surface area contributed by atoms with E-state index in [4.69, 9.17) is 4.74 Å². The highest BCUT2D eigenvalue weighted by Crippen LogP contribution is 2.36. The van der Waals surface area contributed by atoms with Crippen molar-refractivity contribution in [2.24, 2.45) is 0 Å². The zero-order valence-corrected chi connectivity index (χ0v) is 12.2. The molecule has 1 N–H and O–H groups in total. The first-order valence-electron chi connectivity index (χ1n) is 6.94. The Kier molecular flexibility index (Phi) is 3.16. The van der Waals surface area contributed by atoms with Crippen LogP contribution in [0.4, 0.5) is 0 Å². The fourth-order valence-corrected chi connectivity index (χ4v) is 2.62. The fourth-order valence-electron chi connectivity index (χ4n) is 2.62. The quantitative estimate of drug-likeness (QED) is 0.856. The summed E-state index contributed by atoms with van der Waals surface area (Å²) in [4.78, 5) is 26.8. The first kappa shape index (κ1) is 13.6. The van der Waals surface area contributed by atoms with E-state index < -0.39 is 0 Å². The molecule has 1 aliphatic heterocycles. The number of nitrogens with zero attached hydrogens (tertiary/aromatic N) is 2. The molecule has 3 rings (SSSR count). The summed E-state index contributed by atoms with van der Waals surface area (Å²) in [5, 5.41) is 4.29. The highest BCUT2D eigenvalue weighted by Gasteiger charge is 2.32. The average molecular weight is 287 g/mol. The summed E-state index contributed by atoms with van der Waals surface area (Å²) in [6.45, 7) is 5.81. The van der Waals surface area contributed by atoms with Crippen molar-refractivity contribution >= 4 is 5.97 Å². The van der Waals surface area contributed by atoms with Gasteiger partial charge in [-0.25, -0.2) is 0 Å². The number of esters is 1. The number of aromatic amines is 1. The van der Waals surface area contributed by atoms with Gasteiger partial charge >= 0.3 is 5.97 Å². The van der Waals surface area contributed by atoms with Crippen molar-refractivity contribution in [2.75, 3.05) is 0 Å². The van der Waals surface area contributed by atoms with Crippen LogP contribution >= 0.6 is 0 Å². The first-order chi connectivity index (χ1) is 9.95. The monoisotopic (exact) mass is 287 g/mol. The minimum atomic E-state index is -0.324. The van der Waals surface area contributed by atoms with Gasteiger partial charge in [-0.3, -0.25) is 14.3 Å². The Labute approximate surface area is 121 Å². The number of hydrogen-bond acceptors (Lipinski definition) is 4. The lowest BCUT2D eigenvalue weighted by molar-refractivity contribution is -0.135. The van der Waals surface area contributed by atoms with E-state index >= 15 is 0 Å². The highest BCUT2D eigenvalue weighted by molar-refractivity contribution is 5.77. The van der Waals surface area contributed by atoms with Crippen LogP contribution in [-0.2, 0) is 4.79 Å². The van der Waals surface area contributed by atoms with E-state index in [0.717, 1.165) is 5.56 Å². The van der Waals surface area contributed by atoms with Gasteiger partial charge in [-0.2, -0.15) is 5.10 Å². The van der Waals surface area contributed by atoms with Crippen molar-refractivity contribution in [1.29, 1.82) is 0 Å². The van der Waals surface area contributed by atoms with Gasteiger partial charge in [0, 0.05) is 29.9 Å². The van der Waals surface area contributed by atoms with Gasteiger partial charge in [0.1, 0.15) is 5.75 Å². The summed E-state index contributed by atoms with van der Waals surface area (Å²) in [5.41, 5.74) is 1.82. The molecule has 21 heavy (non-hydrogen) atoms. The summed E-state index contributed by atoms with van der Waals surface area (Å²) in [6.07, 6.45) is 3.76. The van der Waals surface area contributed by atoms with Crippen LogP contribution < -0.4 is 10.3 Å². The minimum Gasteiger partial charge on any atom is -0.426 e. The molecule has 6 heteroatoms. The van der Waals surface area contributed by atoms with E-state index in [2.05, 4.69) is 10.1 Å². The molecule has 1 aliphatic rings. The molecule has 2 aromatic rings. The summed E-state index contributed by atoms with van der Waals surface area (Å²) in [7, 11) is 0. The molecule has 0 aliphatic carbocycles. The number of aryl methyl sites for hydroxylation is 1. The van der Waals surface area contributed by atoms with E-state index in [0.29, 0.717) is 17.0 Å². The summed E-state index contributed by atoms with van der Waals surface area (Å²) in [6, 6.07) is 1.92. The Balaban J connectivity index is 2.12. The van der Waals surface area contributed by atoms with Gasteiger partial charge in [0.25, 0.3) is 5.56 Å². The maximum Gasteiger partial charge on any atom is 0.312 e. The van der Waals surface area contributed by atoms with Crippen molar-refractivity contribution in [2.45, 2.75) is 39.2 Å². The Morgan fingerprint density at radius 1 is 1.43 bits per heavy atom. The molecule has 1 atom stereocenters. The number of aromatic nitrogens is 3. The first-order valence-corrected chi connectivity index (χ1v) is 6.94. The molecular weight excluding hydrogens is 270 g/mol. The van der Waals surface area contributed by atoms with E-state index in [-0.39, 0.29) is 29.9 Å². The zero-order valence-electron chi connectivity index (χ0n) is 12.2. The van der Waals surface area contributed by atoms with Crippen molar-refractivity contribution in [3.8, 4) is 5.75 Å². The third-order valence-electron chi connectivity index (χ3n) is 3.66. The number of nitrogens with one attached hydrogen (secondary N) is 1. The van der Waals surface area contributed by atoms with E-state index in [9.17, 15) is 9.59 Å². The van der Waals surface area contributed by atoms with E-state index in [1.165, 1.54) is 0 Å². The SMILES string of the molecule is Cc1cc2c(c(=O)[nH]1)[C@@H](c1cnn(C(C)C)c1)CC(=O)O2. The van der Waals surface area contributed by atoms with Gasteiger partial charge in [-0.15, -0.1) is 0 Å². The van der Waals surface area contributed by atoms with E-state index in [1.807, 2.05) is 24.7 Å². The second kappa shape index (κ2) is 4.87. The van der Waals surface area contributed by atoms with Gasteiger partial charge in [-0.1, -0.05) is 0 Å². The normalized spacial score (nSPS) is 17.7. The summed E-state index contributed by atoms with van der Waals surface area (Å²) < 4.78 is 7.03. The molecule has 0 spiro atoms. The van der Waals surface area contributed by atoms with Crippen molar-refractivity contribution < 1.29 is 9.53 Å². The van der Waals surface area contributed by atoms with Crippen LogP contribution in [0.3, 0.4) is 0 Å². The molecule has 0 radical (unpaired) electrons. The van der Waals surface area contributed by atoms with Crippen LogP contribution in [0, 0.1) is 6.92 Å². The number of rotatable bonds is 2. The van der Waals surface area contributed by atoms with Crippen molar-refractivity contribution in [3.05, 3.63) is 45.6 Å². The molecule has 0 fully saturated rings. The second-order valence-corrected chi connectivity index (χ2v) is 5.64. The molecule has 3 heterocycles. The minimum absolute atomic E-state index is 0.156. The highest BCUT2D eigenvalue weighted by atomic mass is 16.5. The second-order valence-electron chi connectivity index (χ2n) is 5.64. The smallest absolute Gasteiger partial charge is 0.312 e. The lowest BCUT2D eigenvalue weighted by atomic mass is 9.89. The fraction of sp³-hybridized carbons (Fsp3) is 0.400. The molecule has 0 unspecified atom stereocenters. The Hall–Kier alpha value is -2.37. The number of carbonyl (C=O) groups is 1. The van der Waals surface area contributed by atoms with Crippen LogP contribution in [0.1, 0.15) is 49.0 Å². The predicted molar refractivity (Wildman–Crippen MR) is 76.5 cm³/mol. The third kappa shape index (κ3) is 2.37. The summed E-state index contributed by atoms with van der Waals surface area (Å²) in [5.74, 6) is -0.275. The standard InChI is InChI=1S/C15H17N3O3/c1-8(2)18-7-10(6-16-18)11-5-13(19)21-12-4-9(3)17-15(20)14(11)12/h4,6-8,11H,5H2,1-3H3,(H,17,20)/t11-/m1/s1. The maximum absolute atomic E-state index is 12.2. The third-order valence-corrected chi connectivity index (χ3v) is 3.66. The lowest BCUT2D eigenvalue weighted by Gasteiger charge is -2.23. The number of carbonyl (C=O) groups excluding carboxylic acids is 1. The largest absolute Gasteiger partial charge is 0.426 e. The van der Waals surface area contributed by atoms with Gasteiger partial charge in [-0.05, 0) is 26.3 Å². The Morgan fingerprint density at radius 2 is 2.19 bits per heavy atom. The predicted octanol–water partition coefficient (Wildman–Crippen LogP) is 1.90. The Bertz CT molecular complexity index is 758. The van der Waals surface area contributed by atoms with Crippen LogP contribution in [0.15, 0.2) is 23.3 Å². The lowest BCUT2D eigenvalue weighted by Crippen LogP contribution is -2.28. The molecule has 110 valence electrons. The van der Waals surface area contributed by atoms with Gasteiger partial charge in [0.15, 0.2) is 0 Å². The molecule has 0 bridgehead atoms. The molecule has 0 saturated heterocycles. The molecule has 0 amide bonds. The van der Waals surface area contributed by atoms with Crippen LogP contribution in [-0.4, -0.2) is 20.7 Å². The number of hydrogen-bond donors (Lipinski definition) is 1. The number of pyridine rings is 1. The van der Waals surface area contributed by atoms with Crippen molar-refractivity contribution in [1.82, 2.24) is 14.8 Å². The van der Waals surface area contributed by atoms with Crippen LogP contribution in [0.2, 0.25) is 0 Å². The number of ether oxygens (including phenoxy) is 1.